The quantitative estimate of drug-likeness (QED) is 0.405. The highest BCUT2D eigenvalue weighted by Crippen LogP contribution is 2.23. The molecule has 5 rings (SSSR count). The molecule has 168 valence electrons. The summed E-state index contributed by atoms with van der Waals surface area (Å²) in [4.78, 5) is 8.90. The summed E-state index contributed by atoms with van der Waals surface area (Å²) in [6, 6.07) is 18.2. The highest BCUT2D eigenvalue weighted by molar-refractivity contribution is 6.08. The average Bonchev–Trinajstić information content (AvgIpc) is 3.55. The first kappa shape index (κ1) is 21.7. The van der Waals surface area contributed by atoms with Crippen LogP contribution in [0, 0.1) is 0 Å². The lowest BCUT2D eigenvalue weighted by atomic mass is 10.0. The summed E-state index contributed by atoms with van der Waals surface area (Å²) < 4.78 is 11.3. The van der Waals surface area contributed by atoms with Gasteiger partial charge in [-0.15, -0.1) is 0 Å². The molecule has 3 aromatic rings. The van der Waals surface area contributed by atoms with Crippen LogP contribution < -0.4 is 9.47 Å². The van der Waals surface area contributed by atoms with Gasteiger partial charge in [-0.25, -0.2) is 4.98 Å². The Hall–Kier alpha value is -4.18. The number of nitrogens with zero attached hydrogens (tertiary/aromatic N) is 2. The number of hydrogen-bond acceptors (Lipinski definition) is 4. The minimum Gasteiger partial charge on any atom is -0.497 e. The van der Waals surface area contributed by atoms with Crippen molar-refractivity contribution in [2.75, 3.05) is 13.7 Å². The summed E-state index contributed by atoms with van der Waals surface area (Å²) in [7, 11) is 1.67. The summed E-state index contributed by atoms with van der Waals surface area (Å²) in [5, 5.41) is 0. The summed E-state index contributed by atoms with van der Waals surface area (Å²) >= 11 is 0. The van der Waals surface area contributed by atoms with Crippen LogP contribution in [0.3, 0.4) is 0 Å². The van der Waals surface area contributed by atoms with E-state index in [0.29, 0.717) is 19.0 Å². The fourth-order valence-electron chi connectivity index (χ4n) is 4.00. The molecule has 4 nitrogen and oxygen atoms in total. The number of fused-ring (bicyclic) bond motifs is 1. The number of aromatic nitrogens is 1. The highest BCUT2D eigenvalue weighted by atomic mass is 16.5. The maximum Gasteiger partial charge on any atom is 0.213 e. The molecule has 2 heterocycles. The van der Waals surface area contributed by atoms with E-state index in [2.05, 4.69) is 64.6 Å². The predicted octanol–water partition coefficient (Wildman–Crippen LogP) is 6.35. The smallest absolute Gasteiger partial charge is 0.213 e. The lowest BCUT2D eigenvalue weighted by Gasteiger charge is -2.10. The molecule has 0 saturated carbocycles. The van der Waals surface area contributed by atoms with Gasteiger partial charge >= 0.3 is 0 Å². The zero-order valence-electron chi connectivity index (χ0n) is 19.1. The van der Waals surface area contributed by atoms with E-state index in [1.165, 1.54) is 22.3 Å². The fourth-order valence-corrected chi connectivity index (χ4v) is 4.00. The first-order valence-electron chi connectivity index (χ1n) is 11.4. The molecule has 0 spiro atoms. The fraction of sp³-hybridized carbons (Fsp3) is 0.133. The lowest BCUT2D eigenvalue weighted by Crippen LogP contribution is -2.00. The van der Waals surface area contributed by atoms with Crippen molar-refractivity contribution in [2.45, 2.75) is 13.0 Å². The zero-order valence-corrected chi connectivity index (χ0v) is 19.1. The van der Waals surface area contributed by atoms with Crippen LogP contribution in [0.15, 0.2) is 95.7 Å². The van der Waals surface area contributed by atoms with Crippen LogP contribution in [0.25, 0.3) is 18.2 Å². The Kier molecular flexibility index (Phi) is 6.48. The van der Waals surface area contributed by atoms with Crippen LogP contribution in [0.1, 0.15) is 27.8 Å². The monoisotopic (exact) mass is 446 g/mol. The molecule has 1 aliphatic heterocycles. The SMILES string of the molecule is COc1ccc(COc2ccccn2)c(/C=C/C2=NCC(/C=C/c3ccc4c(c3)CC=C4)=C2)c1. The third kappa shape index (κ3) is 5.24. The van der Waals surface area contributed by atoms with Gasteiger partial charge in [0.2, 0.25) is 5.88 Å². The molecule has 4 heteroatoms. The second kappa shape index (κ2) is 10.2. The summed E-state index contributed by atoms with van der Waals surface area (Å²) in [5.41, 5.74) is 8.18. The van der Waals surface area contributed by atoms with Gasteiger partial charge in [0.15, 0.2) is 0 Å². The van der Waals surface area contributed by atoms with Crippen LogP contribution >= 0.6 is 0 Å². The number of benzene rings is 2. The summed E-state index contributed by atoms with van der Waals surface area (Å²) in [6.45, 7) is 1.11. The lowest BCUT2D eigenvalue weighted by molar-refractivity contribution is 0.293. The second-order valence-electron chi connectivity index (χ2n) is 8.21. The highest BCUT2D eigenvalue weighted by Gasteiger charge is 2.08. The molecule has 0 amide bonds. The number of aliphatic imine (C=N–C) groups is 1. The molecular formula is C30H26N2O2. The third-order valence-corrected chi connectivity index (χ3v) is 5.87. The molecule has 34 heavy (non-hydrogen) atoms. The van der Waals surface area contributed by atoms with Crippen molar-refractivity contribution in [1.82, 2.24) is 4.98 Å². The van der Waals surface area contributed by atoms with E-state index >= 15 is 0 Å². The number of allylic oxidation sites excluding steroid dienone is 3. The maximum atomic E-state index is 5.86. The van der Waals surface area contributed by atoms with Gasteiger partial charge in [0.1, 0.15) is 12.4 Å². The molecule has 2 aromatic carbocycles. The van der Waals surface area contributed by atoms with Crippen LogP contribution in [0.4, 0.5) is 0 Å². The Morgan fingerprint density at radius 3 is 2.82 bits per heavy atom. The number of pyridine rings is 1. The van der Waals surface area contributed by atoms with Crippen LogP contribution in [0.5, 0.6) is 11.6 Å². The van der Waals surface area contributed by atoms with Crippen molar-refractivity contribution in [2.24, 2.45) is 4.99 Å². The van der Waals surface area contributed by atoms with Crippen LogP contribution in [-0.2, 0) is 13.0 Å². The molecule has 2 aliphatic rings. The first-order chi connectivity index (χ1) is 16.8. The van der Waals surface area contributed by atoms with E-state index in [0.717, 1.165) is 29.0 Å². The largest absolute Gasteiger partial charge is 0.497 e. The van der Waals surface area contributed by atoms with Gasteiger partial charge in [-0.2, -0.15) is 0 Å². The third-order valence-electron chi connectivity index (χ3n) is 5.87. The number of hydrogen-bond donors (Lipinski definition) is 0. The van der Waals surface area contributed by atoms with Crippen LogP contribution in [-0.4, -0.2) is 24.4 Å². The molecule has 0 fully saturated rings. The molecule has 0 unspecified atom stereocenters. The van der Waals surface area contributed by atoms with Gasteiger partial charge in [0.25, 0.3) is 0 Å². The minimum atomic E-state index is 0.424. The van der Waals surface area contributed by atoms with Crippen LogP contribution in [0.2, 0.25) is 0 Å². The van der Waals surface area contributed by atoms with Gasteiger partial charge in [-0.3, -0.25) is 4.99 Å². The van der Waals surface area contributed by atoms with Gasteiger partial charge in [0, 0.05) is 12.3 Å². The zero-order chi connectivity index (χ0) is 23.2. The molecular weight excluding hydrogens is 420 g/mol. The minimum absolute atomic E-state index is 0.424. The van der Waals surface area contributed by atoms with Crippen molar-refractivity contribution in [3.63, 3.8) is 0 Å². The van der Waals surface area contributed by atoms with Crippen molar-refractivity contribution < 1.29 is 9.47 Å². The predicted molar refractivity (Wildman–Crippen MR) is 139 cm³/mol. The van der Waals surface area contributed by atoms with E-state index in [4.69, 9.17) is 9.47 Å². The number of methoxy groups -OCH3 is 1. The number of ether oxygens (including phenoxy) is 2. The Morgan fingerprint density at radius 2 is 1.94 bits per heavy atom. The van der Waals surface area contributed by atoms with Crippen molar-refractivity contribution in [1.29, 1.82) is 0 Å². The molecule has 0 radical (unpaired) electrons. The Balaban J connectivity index is 1.27. The van der Waals surface area contributed by atoms with E-state index in [-0.39, 0.29) is 0 Å². The van der Waals surface area contributed by atoms with E-state index in [9.17, 15) is 0 Å². The number of rotatable bonds is 8. The van der Waals surface area contributed by atoms with E-state index in [1.54, 1.807) is 13.3 Å². The Labute approximate surface area is 200 Å². The first-order valence-corrected chi connectivity index (χ1v) is 11.4. The van der Waals surface area contributed by atoms with Crippen molar-refractivity contribution in [3.05, 3.63) is 118 Å². The molecule has 0 saturated heterocycles. The normalized spacial score (nSPS) is 14.5. The topological polar surface area (TPSA) is 43.7 Å². The Bertz CT molecular complexity index is 1330. The van der Waals surface area contributed by atoms with Gasteiger partial charge < -0.3 is 9.47 Å². The second-order valence-corrected chi connectivity index (χ2v) is 8.21. The van der Waals surface area contributed by atoms with Gasteiger partial charge in [-0.05, 0) is 70.2 Å². The molecule has 1 aromatic heterocycles. The molecule has 0 N–H and O–H groups in total. The van der Waals surface area contributed by atoms with Crippen molar-refractivity contribution in [3.8, 4) is 11.6 Å². The molecule has 1 aliphatic carbocycles. The average molecular weight is 447 g/mol. The standard InChI is InChI=1S/C30H26N2O2/c1-33-29-15-13-27(21-34-30-7-2-3-16-31-30)26(19-29)12-14-28-18-23(20-32-28)9-8-22-10-11-24-5-4-6-25(24)17-22/h2-5,7-19H,6,20-21H2,1H3/b9-8+,14-12+. The van der Waals surface area contributed by atoms with E-state index < -0.39 is 0 Å². The summed E-state index contributed by atoms with van der Waals surface area (Å²) in [5.74, 6) is 1.41. The van der Waals surface area contributed by atoms with Gasteiger partial charge in [-0.1, -0.05) is 60.7 Å². The summed E-state index contributed by atoms with van der Waals surface area (Å²) in [6.07, 6.45) is 17.7. The Morgan fingerprint density at radius 1 is 0.971 bits per heavy atom. The maximum absolute atomic E-state index is 5.86. The van der Waals surface area contributed by atoms with Gasteiger partial charge in [0.05, 0.1) is 19.4 Å². The molecule has 0 bridgehead atoms. The van der Waals surface area contributed by atoms with Crippen molar-refractivity contribution >= 4 is 23.9 Å². The van der Waals surface area contributed by atoms with E-state index in [1.807, 2.05) is 42.5 Å². The molecule has 0 atom stereocenters.